The number of rotatable bonds is 7. The van der Waals surface area contributed by atoms with Gasteiger partial charge < -0.3 is 24.0 Å². The minimum atomic E-state index is -0.603. The van der Waals surface area contributed by atoms with Crippen LogP contribution in [0.25, 0.3) is 22.4 Å². The Kier molecular flexibility index (Phi) is 8.53. The minimum Gasteiger partial charge on any atom is -0.444 e. The Bertz CT molecular complexity index is 1820. The van der Waals surface area contributed by atoms with Crippen LogP contribution in [0, 0.1) is 6.92 Å². The van der Waals surface area contributed by atoms with Gasteiger partial charge in [-0.3, -0.25) is 13.9 Å². The fourth-order valence-electron chi connectivity index (χ4n) is 5.50. The van der Waals surface area contributed by atoms with Gasteiger partial charge in [0.2, 0.25) is 5.95 Å². The molecular formula is C32H41N7O5. The second-order valence-electron chi connectivity index (χ2n) is 12.6. The van der Waals surface area contributed by atoms with Gasteiger partial charge in [-0.2, -0.15) is 4.98 Å². The van der Waals surface area contributed by atoms with E-state index in [1.807, 2.05) is 75.6 Å². The Morgan fingerprint density at radius 1 is 1.16 bits per heavy atom. The van der Waals surface area contributed by atoms with Crippen molar-refractivity contribution in [2.45, 2.75) is 79.1 Å². The van der Waals surface area contributed by atoms with Crippen LogP contribution in [0.1, 0.15) is 58.8 Å². The number of piperidine rings is 1. The van der Waals surface area contributed by atoms with Crippen molar-refractivity contribution in [3.63, 3.8) is 0 Å². The Morgan fingerprint density at radius 2 is 1.89 bits per heavy atom. The van der Waals surface area contributed by atoms with Crippen molar-refractivity contribution >= 4 is 23.2 Å². The number of aromatic nitrogens is 5. The number of benzene rings is 1. The van der Waals surface area contributed by atoms with E-state index >= 15 is 0 Å². The van der Waals surface area contributed by atoms with E-state index in [0.29, 0.717) is 53.8 Å². The summed E-state index contributed by atoms with van der Waals surface area (Å²) in [6.07, 6.45) is 3.16. The quantitative estimate of drug-likeness (QED) is 0.309. The van der Waals surface area contributed by atoms with E-state index in [9.17, 15) is 14.4 Å². The predicted octanol–water partition coefficient (Wildman–Crippen LogP) is 4.37. The number of nitrogens with zero attached hydrogens (tertiary/aromatic N) is 6. The van der Waals surface area contributed by atoms with Crippen LogP contribution in [0.3, 0.4) is 0 Å². The Balaban J connectivity index is 1.58. The van der Waals surface area contributed by atoms with Crippen molar-refractivity contribution in [1.29, 1.82) is 0 Å². The van der Waals surface area contributed by atoms with E-state index in [-0.39, 0.29) is 12.6 Å². The molecule has 44 heavy (non-hydrogen) atoms. The van der Waals surface area contributed by atoms with Crippen LogP contribution in [-0.2, 0) is 24.9 Å². The number of hydrogen-bond acceptors (Lipinski definition) is 8. The zero-order valence-corrected chi connectivity index (χ0v) is 26.5. The maximum absolute atomic E-state index is 14.2. The van der Waals surface area contributed by atoms with E-state index in [1.54, 1.807) is 14.0 Å². The third-order valence-corrected chi connectivity index (χ3v) is 7.67. The van der Waals surface area contributed by atoms with E-state index in [4.69, 9.17) is 14.2 Å². The molecule has 0 aliphatic carbocycles. The summed E-state index contributed by atoms with van der Waals surface area (Å²) in [6, 6.07) is 9.37. The lowest BCUT2D eigenvalue weighted by Crippen LogP contribution is -2.49. The molecule has 234 valence electrons. The SMILES string of the molecule is CC(C)=CCn1c(N2CCCC(NC(=O)OC(C)(C)C)C2)nc2c1c(=O)n(Cc1c(-c3ccccc3)noc1C)c(=O)n2C. The molecule has 12 heteroatoms. The van der Waals surface area contributed by atoms with Gasteiger partial charge in [0, 0.05) is 43.9 Å². The van der Waals surface area contributed by atoms with Crippen molar-refractivity contribution in [2.24, 2.45) is 7.05 Å². The van der Waals surface area contributed by atoms with Gasteiger partial charge in [0.15, 0.2) is 11.2 Å². The molecule has 1 aromatic carbocycles. The summed E-state index contributed by atoms with van der Waals surface area (Å²) < 4.78 is 15.5. The van der Waals surface area contributed by atoms with Crippen molar-refractivity contribution < 1.29 is 14.1 Å². The zero-order chi connectivity index (χ0) is 31.8. The first kappa shape index (κ1) is 30.8. The molecule has 1 aliphatic rings. The van der Waals surface area contributed by atoms with Gasteiger partial charge in [0.25, 0.3) is 5.56 Å². The molecule has 0 saturated carbocycles. The van der Waals surface area contributed by atoms with Gasteiger partial charge in [-0.1, -0.05) is 47.1 Å². The molecule has 3 aromatic heterocycles. The lowest BCUT2D eigenvalue weighted by molar-refractivity contribution is 0.0499. The summed E-state index contributed by atoms with van der Waals surface area (Å²) in [5, 5.41) is 7.22. The summed E-state index contributed by atoms with van der Waals surface area (Å²) in [5.41, 5.74) is 2.28. The highest BCUT2D eigenvalue weighted by Crippen LogP contribution is 2.27. The van der Waals surface area contributed by atoms with Crippen LogP contribution in [0.5, 0.6) is 0 Å². The van der Waals surface area contributed by atoms with Crippen LogP contribution < -0.4 is 21.5 Å². The molecule has 4 heterocycles. The standard InChI is InChI=1S/C32H41N7O5/c1-20(2)15-17-38-26-27(34-29(38)37-16-11-14-23(18-37)33-30(41)43-32(4,5)6)36(7)31(42)39(28(26)40)19-24-21(3)44-35-25(24)22-12-9-8-10-13-22/h8-10,12-13,15,23H,11,14,16-19H2,1-7H3,(H,33,41). The molecule has 0 spiro atoms. The zero-order valence-electron chi connectivity index (χ0n) is 26.5. The highest BCUT2D eigenvalue weighted by Gasteiger charge is 2.29. The maximum atomic E-state index is 14.2. The van der Waals surface area contributed by atoms with Crippen LogP contribution >= 0.6 is 0 Å². The Morgan fingerprint density at radius 3 is 2.57 bits per heavy atom. The monoisotopic (exact) mass is 603 g/mol. The van der Waals surface area contributed by atoms with Gasteiger partial charge in [0.05, 0.1) is 6.54 Å². The number of imidazole rings is 1. The maximum Gasteiger partial charge on any atom is 0.407 e. The van der Waals surface area contributed by atoms with Crippen LogP contribution in [0.15, 0.2) is 56.1 Å². The molecule has 0 bridgehead atoms. The molecule has 12 nitrogen and oxygen atoms in total. The molecular weight excluding hydrogens is 562 g/mol. The summed E-state index contributed by atoms with van der Waals surface area (Å²) >= 11 is 0. The summed E-state index contributed by atoms with van der Waals surface area (Å²) in [7, 11) is 1.63. The highest BCUT2D eigenvalue weighted by molar-refractivity contribution is 5.75. The average molecular weight is 604 g/mol. The molecule has 1 atom stereocenters. The largest absolute Gasteiger partial charge is 0.444 e. The number of alkyl carbamates (subject to hydrolysis) is 1. The molecule has 1 unspecified atom stereocenters. The van der Waals surface area contributed by atoms with Crippen LogP contribution in [-0.4, -0.2) is 54.7 Å². The molecule has 1 N–H and O–H groups in total. The smallest absolute Gasteiger partial charge is 0.407 e. The first-order valence-corrected chi connectivity index (χ1v) is 14.9. The lowest BCUT2D eigenvalue weighted by atomic mass is 10.1. The average Bonchev–Trinajstić information content (AvgIpc) is 3.53. The normalized spacial score (nSPS) is 15.4. The number of fused-ring (bicyclic) bond motifs is 1. The molecule has 1 aliphatic heterocycles. The van der Waals surface area contributed by atoms with Crippen molar-refractivity contribution in [3.8, 4) is 11.3 Å². The molecule has 0 radical (unpaired) electrons. The van der Waals surface area contributed by atoms with E-state index in [0.717, 1.165) is 24.0 Å². The van der Waals surface area contributed by atoms with E-state index < -0.39 is 22.9 Å². The summed E-state index contributed by atoms with van der Waals surface area (Å²) in [4.78, 5) is 47.3. The number of amides is 1. The van der Waals surface area contributed by atoms with E-state index in [2.05, 4.69) is 15.4 Å². The number of hydrogen-bond donors (Lipinski definition) is 1. The topological polar surface area (TPSA) is 129 Å². The molecule has 5 rings (SSSR count). The van der Waals surface area contributed by atoms with Gasteiger partial charge in [-0.05, 0) is 54.4 Å². The number of carbonyl (C=O) groups excluding carboxylic acids is 1. The number of allylic oxidation sites excluding steroid dienone is 2. The third-order valence-electron chi connectivity index (χ3n) is 7.67. The molecule has 1 amide bonds. The Hall–Kier alpha value is -4.61. The van der Waals surface area contributed by atoms with Gasteiger partial charge in [0.1, 0.15) is 17.1 Å². The van der Waals surface area contributed by atoms with Crippen molar-refractivity contribution in [2.75, 3.05) is 18.0 Å². The second kappa shape index (κ2) is 12.2. The molecule has 1 fully saturated rings. The number of carbonyl (C=O) groups is 1. The summed E-state index contributed by atoms with van der Waals surface area (Å²) in [6.45, 7) is 12.8. The fourth-order valence-corrected chi connectivity index (χ4v) is 5.50. The van der Waals surface area contributed by atoms with E-state index in [1.165, 1.54) is 9.13 Å². The minimum absolute atomic E-state index is 0.00420. The first-order chi connectivity index (χ1) is 20.8. The lowest BCUT2D eigenvalue weighted by Gasteiger charge is -2.34. The highest BCUT2D eigenvalue weighted by atomic mass is 16.6. The van der Waals surface area contributed by atoms with Crippen LogP contribution in [0.2, 0.25) is 0 Å². The number of ether oxygens (including phenoxy) is 1. The molecule has 1 saturated heterocycles. The number of anilines is 1. The number of nitrogens with one attached hydrogen (secondary N) is 1. The fraction of sp³-hybridized carbons (Fsp3) is 0.469. The van der Waals surface area contributed by atoms with Crippen molar-refractivity contribution in [1.82, 2.24) is 29.2 Å². The van der Waals surface area contributed by atoms with Crippen molar-refractivity contribution in [3.05, 3.63) is 74.1 Å². The second-order valence-corrected chi connectivity index (χ2v) is 12.6. The predicted molar refractivity (Wildman–Crippen MR) is 169 cm³/mol. The first-order valence-electron chi connectivity index (χ1n) is 14.9. The number of aryl methyl sites for hydroxylation is 2. The summed E-state index contributed by atoms with van der Waals surface area (Å²) in [5.74, 6) is 1.11. The van der Waals surface area contributed by atoms with Gasteiger partial charge >= 0.3 is 11.8 Å². The van der Waals surface area contributed by atoms with Crippen LogP contribution in [0.4, 0.5) is 10.7 Å². The molecule has 4 aromatic rings. The Labute approximate surface area is 255 Å². The van der Waals surface area contributed by atoms with Gasteiger partial charge in [-0.15, -0.1) is 0 Å². The third kappa shape index (κ3) is 6.34. The van der Waals surface area contributed by atoms with Gasteiger partial charge in [-0.25, -0.2) is 9.59 Å².